The molecule has 5 nitrogen and oxygen atoms in total. The van der Waals surface area contributed by atoms with Crippen LogP contribution in [0.25, 0.3) is 22.2 Å². The summed E-state index contributed by atoms with van der Waals surface area (Å²) >= 11 is 6.47. The SMILES string of the molecule is CCCCCCN(CCCCCC)CC(O)c1cc(-c2ccc(OC)cc2)nc2cc(Cl)c(OC)cc12. The zero-order valence-electron chi connectivity index (χ0n) is 22.9. The monoisotopic (exact) mass is 526 g/mol. The first-order chi connectivity index (χ1) is 18.0. The van der Waals surface area contributed by atoms with Gasteiger partial charge in [0.25, 0.3) is 0 Å². The fourth-order valence-electron chi connectivity index (χ4n) is 4.76. The average molecular weight is 527 g/mol. The third-order valence-corrected chi connectivity index (χ3v) is 7.24. The minimum atomic E-state index is -0.661. The Bertz CT molecular complexity index is 1090. The van der Waals surface area contributed by atoms with Crippen LogP contribution in [-0.2, 0) is 0 Å². The van der Waals surface area contributed by atoms with Crippen molar-refractivity contribution in [2.75, 3.05) is 33.9 Å². The molecule has 0 aliphatic carbocycles. The van der Waals surface area contributed by atoms with Crippen molar-refractivity contribution < 1.29 is 14.6 Å². The first kappa shape index (κ1) is 29.2. The molecule has 0 saturated carbocycles. The molecule has 1 N–H and O–H groups in total. The predicted octanol–water partition coefficient (Wildman–Crippen LogP) is 8.07. The van der Waals surface area contributed by atoms with Crippen LogP contribution in [0, 0.1) is 0 Å². The number of halogens is 1. The van der Waals surface area contributed by atoms with Gasteiger partial charge in [0.15, 0.2) is 0 Å². The highest BCUT2D eigenvalue weighted by Gasteiger charge is 2.20. The largest absolute Gasteiger partial charge is 0.497 e. The summed E-state index contributed by atoms with van der Waals surface area (Å²) in [6.45, 7) is 7.08. The van der Waals surface area contributed by atoms with Gasteiger partial charge in [-0.25, -0.2) is 4.98 Å². The summed E-state index contributed by atoms with van der Waals surface area (Å²) in [6, 6.07) is 13.6. The number of rotatable bonds is 16. The molecule has 1 heterocycles. The lowest BCUT2D eigenvalue weighted by atomic mass is 9.99. The molecule has 0 amide bonds. The van der Waals surface area contributed by atoms with Crippen LogP contribution < -0.4 is 9.47 Å². The third-order valence-electron chi connectivity index (χ3n) is 6.95. The van der Waals surface area contributed by atoms with Gasteiger partial charge in [0, 0.05) is 17.5 Å². The van der Waals surface area contributed by atoms with Crippen LogP contribution in [0.15, 0.2) is 42.5 Å². The van der Waals surface area contributed by atoms with Crippen LogP contribution in [0.3, 0.4) is 0 Å². The maximum atomic E-state index is 11.6. The van der Waals surface area contributed by atoms with Crippen molar-refractivity contribution in [3.05, 3.63) is 53.1 Å². The van der Waals surface area contributed by atoms with Crippen molar-refractivity contribution >= 4 is 22.5 Å². The molecule has 1 atom stereocenters. The van der Waals surface area contributed by atoms with Gasteiger partial charge in [0.05, 0.1) is 36.6 Å². The summed E-state index contributed by atoms with van der Waals surface area (Å²) < 4.78 is 10.8. The van der Waals surface area contributed by atoms with Gasteiger partial charge in [0.1, 0.15) is 11.5 Å². The highest BCUT2D eigenvalue weighted by Crippen LogP contribution is 2.35. The number of methoxy groups -OCH3 is 2. The van der Waals surface area contributed by atoms with Gasteiger partial charge in [-0.3, -0.25) is 0 Å². The van der Waals surface area contributed by atoms with Gasteiger partial charge < -0.3 is 19.5 Å². The summed E-state index contributed by atoms with van der Waals surface area (Å²) in [5.74, 6) is 1.37. The molecular formula is C31H43ClN2O3. The predicted molar refractivity (Wildman–Crippen MR) is 155 cm³/mol. The average Bonchev–Trinajstić information content (AvgIpc) is 2.92. The van der Waals surface area contributed by atoms with E-state index in [4.69, 9.17) is 26.1 Å². The van der Waals surface area contributed by atoms with Gasteiger partial charge >= 0.3 is 0 Å². The number of fused-ring (bicyclic) bond motifs is 1. The van der Waals surface area contributed by atoms with E-state index in [0.29, 0.717) is 17.3 Å². The number of unbranched alkanes of at least 4 members (excludes halogenated alkanes) is 6. The van der Waals surface area contributed by atoms with Gasteiger partial charge in [-0.15, -0.1) is 0 Å². The smallest absolute Gasteiger partial charge is 0.138 e. The molecule has 0 spiro atoms. The maximum absolute atomic E-state index is 11.6. The van der Waals surface area contributed by atoms with E-state index in [9.17, 15) is 5.11 Å². The minimum absolute atomic E-state index is 0.503. The van der Waals surface area contributed by atoms with E-state index in [1.807, 2.05) is 42.5 Å². The Morgan fingerprint density at radius 3 is 2.08 bits per heavy atom. The molecule has 0 aliphatic rings. The molecule has 0 bridgehead atoms. The number of hydrogen-bond donors (Lipinski definition) is 1. The Labute approximate surface area is 227 Å². The fourth-order valence-corrected chi connectivity index (χ4v) is 4.99. The van der Waals surface area contributed by atoms with E-state index in [1.54, 1.807) is 14.2 Å². The number of aliphatic hydroxyl groups excluding tert-OH is 1. The van der Waals surface area contributed by atoms with Crippen LogP contribution in [0.4, 0.5) is 0 Å². The van der Waals surface area contributed by atoms with E-state index >= 15 is 0 Å². The molecule has 3 rings (SSSR count). The normalized spacial score (nSPS) is 12.3. The van der Waals surface area contributed by atoms with Crippen LogP contribution in [0.5, 0.6) is 11.5 Å². The molecule has 2 aromatic carbocycles. The summed E-state index contributed by atoms with van der Waals surface area (Å²) in [7, 11) is 3.26. The van der Waals surface area contributed by atoms with Crippen LogP contribution >= 0.6 is 11.6 Å². The summed E-state index contributed by atoms with van der Waals surface area (Å²) in [6.07, 6.45) is 9.08. The number of nitrogens with zero attached hydrogens (tertiary/aromatic N) is 2. The van der Waals surface area contributed by atoms with Crippen molar-refractivity contribution in [3.63, 3.8) is 0 Å². The summed E-state index contributed by atoms with van der Waals surface area (Å²) in [5, 5.41) is 13.0. The topological polar surface area (TPSA) is 54.8 Å². The molecule has 0 radical (unpaired) electrons. The van der Waals surface area contributed by atoms with Crippen molar-refractivity contribution in [1.29, 1.82) is 0 Å². The van der Waals surface area contributed by atoms with Crippen LogP contribution in [0.2, 0.25) is 5.02 Å². The van der Waals surface area contributed by atoms with E-state index < -0.39 is 6.10 Å². The van der Waals surface area contributed by atoms with E-state index in [-0.39, 0.29) is 0 Å². The Kier molecular flexibility index (Phi) is 12.0. The third kappa shape index (κ3) is 8.33. The minimum Gasteiger partial charge on any atom is -0.497 e. The van der Waals surface area contributed by atoms with E-state index in [1.165, 1.54) is 38.5 Å². The maximum Gasteiger partial charge on any atom is 0.138 e. The highest BCUT2D eigenvalue weighted by atomic mass is 35.5. The van der Waals surface area contributed by atoms with Crippen molar-refractivity contribution in [3.8, 4) is 22.8 Å². The fraction of sp³-hybridized carbons (Fsp3) is 0.516. The Hall–Kier alpha value is -2.34. The number of aliphatic hydroxyl groups is 1. The number of hydrogen-bond acceptors (Lipinski definition) is 5. The standard InChI is InChI=1S/C31H43ClN2O3/c1-5-7-9-11-17-34(18-12-10-8-6-2)22-30(35)26-19-28(23-13-15-24(36-3)16-14-23)33-29-21-27(32)31(37-4)20-25(26)29/h13-16,19-21,30,35H,5-12,17-18,22H2,1-4H3. The zero-order chi connectivity index (χ0) is 26.6. The first-order valence-electron chi connectivity index (χ1n) is 13.7. The van der Waals surface area contributed by atoms with Gasteiger partial charge in [0.2, 0.25) is 0 Å². The van der Waals surface area contributed by atoms with Gasteiger partial charge in [-0.05, 0) is 74.0 Å². The molecular weight excluding hydrogens is 484 g/mol. The lowest BCUT2D eigenvalue weighted by molar-refractivity contribution is 0.111. The summed E-state index contributed by atoms with van der Waals surface area (Å²) in [4.78, 5) is 7.33. The molecule has 1 unspecified atom stereocenters. The molecule has 1 aromatic heterocycles. The van der Waals surface area contributed by atoms with E-state index in [0.717, 1.165) is 59.4 Å². The lowest BCUT2D eigenvalue weighted by Crippen LogP contribution is -2.31. The zero-order valence-corrected chi connectivity index (χ0v) is 23.7. The van der Waals surface area contributed by atoms with Gasteiger partial charge in [-0.1, -0.05) is 64.0 Å². The molecule has 0 saturated heterocycles. The number of pyridine rings is 1. The van der Waals surface area contributed by atoms with E-state index in [2.05, 4.69) is 18.7 Å². The van der Waals surface area contributed by atoms with Crippen molar-refractivity contribution in [2.24, 2.45) is 0 Å². The lowest BCUT2D eigenvalue weighted by Gasteiger charge is -2.26. The van der Waals surface area contributed by atoms with Gasteiger partial charge in [-0.2, -0.15) is 0 Å². The van der Waals surface area contributed by atoms with Crippen molar-refractivity contribution in [2.45, 2.75) is 71.3 Å². The molecule has 0 aliphatic heterocycles. The second-order valence-electron chi connectivity index (χ2n) is 9.77. The van der Waals surface area contributed by atoms with Crippen LogP contribution in [-0.4, -0.2) is 48.8 Å². The Morgan fingerprint density at radius 2 is 1.51 bits per heavy atom. The molecule has 3 aromatic rings. The highest BCUT2D eigenvalue weighted by molar-refractivity contribution is 6.32. The summed E-state index contributed by atoms with van der Waals surface area (Å²) in [5.41, 5.74) is 3.34. The second-order valence-corrected chi connectivity index (χ2v) is 10.2. The second kappa shape index (κ2) is 15.2. The first-order valence-corrected chi connectivity index (χ1v) is 14.1. The quantitative estimate of drug-likeness (QED) is 0.191. The number of benzene rings is 2. The number of ether oxygens (including phenoxy) is 2. The molecule has 0 fully saturated rings. The Morgan fingerprint density at radius 1 is 0.865 bits per heavy atom. The number of aromatic nitrogens is 1. The molecule has 202 valence electrons. The van der Waals surface area contributed by atoms with Crippen LogP contribution in [0.1, 0.15) is 76.9 Å². The van der Waals surface area contributed by atoms with Crippen molar-refractivity contribution in [1.82, 2.24) is 9.88 Å². The Balaban J connectivity index is 1.94. The molecule has 6 heteroatoms. The molecule has 37 heavy (non-hydrogen) atoms.